The van der Waals surface area contributed by atoms with Crippen molar-refractivity contribution in [2.45, 2.75) is 27.4 Å². The van der Waals surface area contributed by atoms with Crippen LogP contribution in [0.1, 0.15) is 24.3 Å². The number of ether oxygens (including phenoxy) is 1. The summed E-state index contributed by atoms with van der Waals surface area (Å²) in [6, 6.07) is 8.64. The largest absolute Gasteiger partial charge is 0.374 e. The number of hydrogen-bond donors (Lipinski definition) is 3. The number of benzene rings is 1. The Balaban J connectivity index is 1.61. The highest BCUT2D eigenvalue weighted by atomic mass is 16.5. The van der Waals surface area contributed by atoms with Gasteiger partial charge in [-0.3, -0.25) is 20.4 Å². The molecule has 0 aliphatic carbocycles. The summed E-state index contributed by atoms with van der Waals surface area (Å²) >= 11 is 0. The molecular formula is C20H24N8O3. The van der Waals surface area contributed by atoms with E-state index >= 15 is 0 Å². The lowest BCUT2D eigenvalue weighted by Gasteiger charge is -2.10. The number of anilines is 2. The summed E-state index contributed by atoms with van der Waals surface area (Å²) in [5.74, 6) is 0.532. The van der Waals surface area contributed by atoms with Gasteiger partial charge in [0.1, 0.15) is 18.2 Å². The molecule has 0 fully saturated rings. The molecule has 0 bridgehead atoms. The van der Waals surface area contributed by atoms with Crippen molar-refractivity contribution in [3.05, 3.63) is 47.7 Å². The van der Waals surface area contributed by atoms with Crippen LogP contribution in [0.15, 0.2) is 30.3 Å². The van der Waals surface area contributed by atoms with Crippen molar-refractivity contribution < 1.29 is 14.3 Å². The molecule has 162 valence electrons. The Morgan fingerprint density at radius 1 is 1.10 bits per heavy atom. The van der Waals surface area contributed by atoms with E-state index in [0.717, 1.165) is 11.4 Å². The topological polar surface area (TPSA) is 136 Å². The number of hydrazine groups is 1. The number of aromatic nitrogens is 5. The molecule has 0 aliphatic heterocycles. The number of hydrogen-bond acceptors (Lipinski definition) is 8. The first-order chi connectivity index (χ1) is 14.9. The second-order valence-electron chi connectivity index (χ2n) is 6.69. The minimum atomic E-state index is -0.873. The van der Waals surface area contributed by atoms with E-state index in [1.54, 1.807) is 31.2 Å². The standard InChI is InChI=1S/C20H24N8O3/c1-5-31-11-17-21-12(2)9-16(23-17)25-27-20(30)19(29)22-15-8-6-7-14(10-15)18-26-24-13(3)28(18)4/h6-10H,5,11H2,1-4H3,(H,22,29)(H,27,30)(H,21,23,25). The smallest absolute Gasteiger partial charge is 0.327 e. The van der Waals surface area contributed by atoms with Gasteiger partial charge in [0, 0.05) is 36.7 Å². The lowest BCUT2D eigenvalue weighted by atomic mass is 10.2. The van der Waals surface area contributed by atoms with Crippen molar-refractivity contribution in [1.29, 1.82) is 0 Å². The van der Waals surface area contributed by atoms with E-state index in [1.807, 2.05) is 31.5 Å². The number of carbonyl (C=O) groups excluding carboxylic acids is 2. The molecule has 0 saturated carbocycles. The van der Waals surface area contributed by atoms with Gasteiger partial charge in [-0.05, 0) is 32.9 Å². The molecule has 0 atom stereocenters. The fourth-order valence-corrected chi connectivity index (χ4v) is 2.71. The van der Waals surface area contributed by atoms with Crippen LogP contribution in [0, 0.1) is 13.8 Å². The first-order valence-corrected chi connectivity index (χ1v) is 9.63. The third kappa shape index (κ3) is 5.60. The van der Waals surface area contributed by atoms with Gasteiger partial charge in [-0.2, -0.15) is 0 Å². The van der Waals surface area contributed by atoms with E-state index in [9.17, 15) is 9.59 Å². The van der Waals surface area contributed by atoms with Gasteiger partial charge in [-0.15, -0.1) is 10.2 Å². The minimum Gasteiger partial charge on any atom is -0.374 e. The van der Waals surface area contributed by atoms with Crippen LogP contribution in [-0.2, 0) is 28.0 Å². The van der Waals surface area contributed by atoms with Gasteiger partial charge in [0.2, 0.25) is 0 Å². The molecule has 3 aromatic rings. The fraction of sp³-hybridized carbons (Fsp3) is 0.300. The molecule has 0 saturated heterocycles. The monoisotopic (exact) mass is 424 g/mol. The molecule has 0 spiro atoms. The predicted molar refractivity (Wildman–Crippen MR) is 114 cm³/mol. The molecule has 2 aromatic heterocycles. The second-order valence-corrected chi connectivity index (χ2v) is 6.69. The van der Waals surface area contributed by atoms with E-state index in [4.69, 9.17) is 4.74 Å². The van der Waals surface area contributed by atoms with E-state index < -0.39 is 11.8 Å². The predicted octanol–water partition coefficient (Wildman–Crippen LogP) is 1.51. The number of aryl methyl sites for hydroxylation is 2. The van der Waals surface area contributed by atoms with Gasteiger partial charge in [-0.1, -0.05) is 12.1 Å². The molecule has 0 aliphatic rings. The van der Waals surface area contributed by atoms with Crippen LogP contribution in [0.5, 0.6) is 0 Å². The van der Waals surface area contributed by atoms with Crippen LogP contribution in [0.4, 0.5) is 11.5 Å². The summed E-state index contributed by atoms with van der Waals surface area (Å²) in [5.41, 5.74) is 6.87. The van der Waals surface area contributed by atoms with Gasteiger partial charge in [-0.25, -0.2) is 9.97 Å². The quantitative estimate of drug-likeness (QED) is 0.384. The lowest BCUT2D eigenvalue weighted by Crippen LogP contribution is -2.39. The van der Waals surface area contributed by atoms with Crippen LogP contribution in [-0.4, -0.2) is 43.2 Å². The summed E-state index contributed by atoms with van der Waals surface area (Å²) in [6.45, 7) is 6.30. The van der Waals surface area contributed by atoms with Gasteiger partial charge in [0.25, 0.3) is 0 Å². The second kappa shape index (κ2) is 9.76. The summed E-state index contributed by atoms with van der Waals surface area (Å²) in [4.78, 5) is 33.0. The Morgan fingerprint density at radius 2 is 1.90 bits per heavy atom. The summed E-state index contributed by atoms with van der Waals surface area (Å²) < 4.78 is 7.13. The van der Waals surface area contributed by atoms with Gasteiger partial charge in [0.05, 0.1) is 0 Å². The van der Waals surface area contributed by atoms with Crippen LogP contribution in [0.25, 0.3) is 11.4 Å². The highest BCUT2D eigenvalue weighted by Crippen LogP contribution is 2.21. The average Bonchev–Trinajstić information content (AvgIpc) is 3.08. The molecule has 3 rings (SSSR count). The molecular weight excluding hydrogens is 400 g/mol. The highest BCUT2D eigenvalue weighted by Gasteiger charge is 2.15. The van der Waals surface area contributed by atoms with E-state index in [0.29, 0.717) is 35.5 Å². The molecule has 2 heterocycles. The van der Waals surface area contributed by atoms with Crippen LogP contribution < -0.4 is 16.2 Å². The van der Waals surface area contributed by atoms with Gasteiger partial charge >= 0.3 is 11.8 Å². The van der Waals surface area contributed by atoms with Crippen LogP contribution in [0.3, 0.4) is 0 Å². The summed E-state index contributed by atoms with van der Waals surface area (Å²) in [5, 5.41) is 10.7. The van der Waals surface area contributed by atoms with E-state index in [2.05, 4.69) is 36.3 Å². The first kappa shape index (κ1) is 21.8. The maximum absolute atomic E-state index is 12.3. The SMILES string of the molecule is CCOCc1nc(C)cc(NNC(=O)C(=O)Nc2cccc(-c3nnc(C)n3C)c2)n1. The third-order valence-electron chi connectivity index (χ3n) is 4.32. The van der Waals surface area contributed by atoms with Crippen LogP contribution >= 0.6 is 0 Å². The Labute approximate surface area is 179 Å². The van der Waals surface area contributed by atoms with Gasteiger partial charge in [0.15, 0.2) is 11.6 Å². The minimum absolute atomic E-state index is 0.253. The molecule has 11 heteroatoms. The molecule has 2 amide bonds. The maximum atomic E-state index is 12.3. The normalized spacial score (nSPS) is 10.6. The Morgan fingerprint density at radius 3 is 2.61 bits per heavy atom. The Kier molecular flexibility index (Phi) is 6.88. The molecule has 0 unspecified atom stereocenters. The Bertz CT molecular complexity index is 1100. The number of amides is 2. The van der Waals surface area contributed by atoms with Crippen LogP contribution in [0.2, 0.25) is 0 Å². The lowest BCUT2D eigenvalue weighted by molar-refractivity contribution is -0.135. The molecule has 0 radical (unpaired) electrons. The zero-order valence-electron chi connectivity index (χ0n) is 17.8. The number of nitrogens with one attached hydrogen (secondary N) is 3. The number of nitrogens with zero attached hydrogens (tertiary/aromatic N) is 5. The molecule has 1 aromatic carbocycles. The van der Waals surface area contributed by atoms with Crippen molar-refractivity contribution >= 4 is 23.3 Å². The van der Waals surface area contributed by atoms with E-state index in [-0.39, 0.29) is 6.61 Å². The molecule has 11 nitrogen and oxygen atoms in total. The third-order valence-corrected chi connectivity index (χ3v) is 4.32. The highest BCUT2D eigenvalue weighted by molar-refractivity contribution is 6.39. The summed E-state index contributed by atoms with van der Waals surface area (Å²) in [6.07, 6.45) is 0. The maximum Gasteiger partial charge on any atom is 0.327 e. The van der Waals surface area contributed by atoms with E-state index in [1.165, 1.54) is 0 Å². The Hall–Kier alpha value is -3.86. The van der Waals surface area contributed by atoms with Crippen molar-refractivity contribution in [1.82, 2.24) is 30.2 Å². The van der Waals surface area contributed by atoms with Crippen molar-refractivity contribution in [2.24, 2.45) is 7.05 Å². The summed E-state index contributed by atoms with van der Waals surface area (Å²) in [7, 11) is 1.85. The van der Waals surface area contributed by atoms with Crippen molar-refractivity contribution in [3.63, 3.8) is 0 Å². The zero-order valence-corrected chi connectivity index (χ0v) is 17.8. The number of rotatable bonds is 7. The molecule has 3 N–H and O–H groups in total. The average molecular weight is 424 g/mol. The van der Waals surface area contributed by atoms with Crippen molar-refractivity contribution in [2.75, 3.05) is 17.3 Å². The fourth-order valence-electron chi connectivity index (χ4n) is 2.71. The van der Waals surface area contributed by atoms with Crippen molar-refractivity contribution in [3.8, 4) is 11.4 Å². The molecule has 31 heavy (non-hydrogen) atoms. The zero-order chi connectivity index (χ0) is 22.4. The number of carbonyl (C=O) groups is 2. The van der Waals surface area contributed by atoms with Gasteiger partial charge < -0.3 is 14.6 Å². The first-order valence-electron chi connectivity index (χ1n) is 9.63.